The van der Waals surface area contributed by atoms with Crippen LogP contribution in [0.25, 0.3) is 117 Å². The van der Waals surface area contributed by atoms with Gasteiger partial charge in [0.05, 0.1) is 11.0 Å². The highest BCUT2D eigenvalue weighted by Gasteiger charge is 2.19. The monoisotopic (exact) mass is 829 g/mol. The molecule has 65 heavy (non-hydrogen) atoms. The molecule has 5 nitrogen and oxygen atoms in total. The molecule has 0 radical (unpaired) electrons. The second-order valence-electron chi connectivity index (χ2n) is 16.3. The molecule has 10 aromatic carbocycles. The molecule has 2 aromatic heterocycles. The average Bonchev–Trinajstić information content (AvgIpc) is 3.79. The molecule has 0 aliphatic carbocycles. The van der Waals surface area contributed by atoms with Gasteiger partial charge in [0.1, 0.15) is 5.82 Å². The number of hydrogen-bond donors (Lipinski definition) is 0. The van der Waals surface area contributed by atoms with E-state index in [1.807, 2.05) is 36.4 Å². The fourth-order valence-electron chi connectivity index (χ4n) is 9.06. The number of hydrogen-bond acceptors (Lipinski definition) is 4. The van der Waals surface area contributed by atoms with E-state index in [9.17, 15) is 0 Å². The summed E-state index contributed by atoms with van der Waals surface area (Å²) in [6.45, 7) is 0. The van der Waals surface area contributed by atoms with Crippen molar-refractivity contribution in [2.24, 2.45) is 0 Å². The van der Waals surface area contributed by atoms with Crippen molar-refractivity contribution in [3.8, 4) is 84.6 Å². The van der Waals surface area contributed by atoms with Crippen LogP contribution < -0.4 is 0 Å². The van der Waals surface area contributed by atoms with Crippen LogP contribution in [0.15, 0.2) is 237 Å². The molecule has 304 valence electrons. The van der Waals surface area contributed by atoms with Gasteiger partial charge in [-0.25, -0.2) is 19.9 Å². The minimum Gasteiger partial charge on any atom is -0.292 e. The molecule has 5 heteroatoms. The van der Waals surface area contributed by atoms with E-state index in [4.69, 9.17) is 19.9 Å². The number of fused-ring (bicyclic) bond motifs is 4. The van der Waals surface area contributed by atoms with Crippen molar-refractivity contribution < 1.29 is 0 Å². The number of benzene rings is 10. The highest BCUT2D eigenvalue weighted by molar-refractivity contribution is 6.14. The molecule has 0 aliphatic heterocycles. The summed E-state index contributed by atoms with van der Waals surface area (Å²) in [5, 5.41) is 4.81. The molecule has 0 fully saturated rings. The third-order valence-corrected chi connectivity index (χ3v) is 12.2. The highest BCUT2D eigenvalue weighted by Crippen LogP contribution is 2.40. The second kappa shape index (κ2) is 16.2. The van der Waals surface area contributed by atoms with E-state index in [1.54, 1.807) is 0 Å². The van der Waals surface area contributed by atoms with Gasteiger partial charge in [0.25, 0.3) is 0 Å². The molecular weight excluding hydrogens is 791 g/mol. The van der Waals surface area contributed by atoms with Crippen molar-refractivity contribution in [1.29, 1.82) is 0 Å². The van der Waals surface area contributed by atoms with Gasteiger partial charge in [-0.2, -0.15) is 0 Å². The molecule has 0 bridgehead atoms. The lowest BCUT2D eigenvalue weighted by molar-refractivity contribution is 1.07. The minimum atomic E-state index is 0.598. The van der Waals surface area contributed by atoms with Gasteiger partial charge in [0, 0.05) is 27.9 Å². The maximum absolute atomic E-state index is 5.30. The lowest BCUT2D eigenvalue weighted by atomic mass is 9.90. The summed E-state index contributed by atoms with van der Waals surface area (Å²) in [5.74, 6) is 2.72. The first-order valence-corrected chi connectivity index (χ1v) is 21.9. The van der Waals surface area contributed by atoms with E-state index in [0.29, 0.717) is 17.5 Å². The van der Waals surface area contributed by atoms with Crippen LogP contribution in [0.5, 0.6) is 0 Å². The largest absolute Gasteiger partial charge is 0.292 e. The van der Waals surface area contributed by atoms with Crippen molar-refractivity contribution >= 4 is 32.6 Å². The predicted molar refractivity (Wildman–Crippen MR) is 268 cm³/mol. The van der Waals surface area contributed by atoms with Crippen LogP contribution in [0, 0.1) is 0 Å². The Kier molecular flexibility index (Phi) is 9.42. The third kappa shape index (κ3) is 7.11. The second-order valence-corrected chi connectivity index (χ2v) is 16.3. The summed E-state index contributed by atoms with van der Waals surface area (Å²) in [7, 11) is 0. The Labute approximate surface area is 376 Å². The van der Waals surface area contributed by atoms with Crippen molar-refractivity contribution in [3.05, 3.63) is 237 Å². The van der Waals surface area contributed by atoms with Crippen LogP contribution >= 0.6 is 0 Å². The van der Waals surface area contributed by atoms with E-state index in [2.05, 4.69) is 205 Å². The van der Waals surface area contributed by atoms with Crippen LogP contribution in [0.2, 0.25) is 0 Å². The highest BCUT2D eigenvalue weighted by atomic mass is 15.1. The van der Waals surface area contributed by atoms with Crippen LogP contribution in [-0.2, 0) is 0 Å². The van der Waals surface area contributed by atoms with Gasteiger partial charge in [0.2, 0.25) is 0 Å². The minimum absolute atomic E-state index is 0.598. The molecule has 0 atom stereocenters. The zero-order chi connectivity index (χ0) is 43.1. The Hall–Kier alpha value is -8.80. The number of rotatable bonds is 8. The molecule has 12 aromatic rings. The van der Waals surface area contributed by atoms with Gasteiger partial charge in [0.15, 0.2) is 17.5 Å². The summed E-state index contributed by atoms with van der Waals surface area (Å²) in [6.07, 6.45) is 0. The van der Waals surface area contributed by atoms with Crippen molar-refractivity contribution in [2.45, 2.75) is 0 Å². The quantitative estimate of drug-likeness (QED) is 0.143. The summed E-state index contributed by atoms with van der Waals surface area (Å²) in [4.78, 5) is 20.8. The molecular formula is C60H39N5. The molecule has 0 saturated heterocycles. The topological polar surface area (TPSA) is 56.5 Å². The van der Waals surface area contributed by atoms with E-state index >= 15 is 0 Å². The van der Waals surface area contributed by atoms with Crippen molar-refractivity contribution in [3.63, 3.8) is 0 Å². The average molecular weight is 830 g/mol. The van der Waals surface area contributed by atoms with Gasteiger partial charge in [-0.05, 0) is 110 Å². The zero-order valence-corrected chi connectivity index (χ0v) is 35.3. The van der Waals surface area contributed by atoms with E-state index in [-0.39, 0.29) is 0 Å². The zero-order valence-electron chi connectivity index (χ0n) is 35.3. The Morgan fingerprint density at radius 1 is 0.277 bits per heavy atom. The van der Waals surface area contributed by atoms with Crippen LogP contribution in [-0.4, -0.2) is 24.5 Å². The van der Waals surface area contributed by atoms with Gasteiger partial charge in [-0.15, -0.1) is 0 Å². The normalized spacial score (nSPS) is 11.4. The van der Waals surface area contributed by atoms with Crippen LogP contribution in [0.3, 0.4) is 0 Å². The Balaban J connectivity index is 1.06. The maximum Gasteiger partial charge on any atom is 0.164 e. The number of imidazole rings is 1. The third-order valence-electron chi connectivity index (χ3n) is 12.2. The van der Waals surface area contributed by atoms with Gasteiger partial charge >= 0.3 is 0 Å². The SMILES string of the molecule is c1ccc(-c2cccc(-c3nc(-c4ccccc4)nc(-c4cc(-c5ccc(-c6nc7ccccc7n6-c6ccccc6)cc5)cc(-c5cc6ccccc6c6ccccc56)c4)n3)c2)cc1. The van der Waals surface area contributed by atoms with E-state index in [1.165, 1.54) is 21.5 Å². The molecule has 0 amide bonds. The first-order valence-electron chi connectivity index (χ1n) is 21.9. The van der Waals surface area contributed by atoms with Crippen molar-refractivity contribution in [2.75, 3.05) is 0 Å². The lowest BCUT2D eigenvalue weighted by Crippen LogP contribution is -2.01. The van der Waals surface area contributed by atoms with Crippen LogP contribution in [0.1, 0.15) is 0 Å². The summed E-state index contributed by atoms with van der Waals surface area (Å²) >= 11 is 0. The Morgan fingerprint density at radius 2 is 0.785 bits per heavy atom. The molecule has 0 aliphatic rings. The smallest absolute Gasteiger partial charge is 0.164 e. The van der Waals surface area contributed by atoms with Crippen molar-refractivity contribution in [1.82, 2.24) is 24.5 Å². The maximum atomic E-state index is 5.30. The molecule has 0 spiro atoms. The molecule has 12 rings (SSSR count). The van der Waals surface area contributed by atoms with Gasteiger partial charge in [-0.3, -0.25) is 4.57 Å². The Morgan fingerprint density at radius 3 is 1.55 bits per heavy atom. The number of para-hydroxylation sites is 3. The fraction of sp³-hybridized carbons (Fsp3) is 0. The van der Waals surface area contributed by atoms with E-state index < -0.39 is 0 Å². The Bertz CT molecular complexity index is 3690. The fourth-order valence-corrected chi connectivity index (χ4v) is 9.06. The number of nitrogens with zero attached hydrogens (tertiary/aromatic N) is 5. The standard InChI is InChI=1S/C60H39N5/c1-4-17-40(18-5-1)44-22-16-23-46(35-44)58-62-57(42-19-6-2-7-20-42)63-59(64-58)49-37-47(36-48(38-49)54-39-45-21-10-11-26-51(45)52-27-12-13-28-53(52)54)41-31-33-43(34-32-41)60-61-55-29-14-15-30-56(55)65(60)50-24-8-3-9-25-50/h1-39H. The van der Waals surface area contributed by atoms with E-state index in [0.717, 1.165) is 78.2 Å². The summed E-state index contributed by atoms with van der Waals surface area (Å²) in [5.41, 5.74) is 13.4. The first-order chi connectivity index (χ1) is 32.2. The summed E-state index contributed by atoms with van der Waals surface area (Å²) in [6, 6.07) is 83.0. The van der Waals surface area contributed by atoms with Gasteiger partial charge < -0.3 is 0 Å². The lowest BCUT2D eigenvalue weighted by Gasteiger charge is -2.15. The molecule has 0 N–H and O–H groups in total. The molecule has 2 heterocycles. The van der Waals surface area contributed by atoms with Gasteiger partial charge in [-0.1, -0.05) is 182 Å². The number of aromatic nitrogens is 5. The summed E-state index contributed by atoms with van der Waals surface area (Å²) < 4.78 is 2.24. The predicted octanol–water partition coefficient (Wildman–Crippen LogP) is 15.2. The molecule has 0 unspecified atom stereocenters. The first kappa shape index (κ1) is 37.9. The van der Waals surface area contributed by atoms with Crippen LogP contribution in [0.4, 0.5) is 0 Å². The molecule has 0 saturated carbocycles.